The summed E-state index contributed by atoms with van der Waals surface area (Å²) in [4.78, 5) is 25.8. The first kappa shape index (κ1) is 23.7. The molecule has 12 nitrogen and oxygen atoms in total. The SMILES string of the molecule is CCNC(=O)C1OC(n2cnc3c(NC)nc(-c4ccc(-c5ccccc5OC)o4)nc32)C(O)C1O. The second kappa shape index (κ2) is 9.57. The van der Waals surface area contributed by atoms with Gasteiger partial charge in [-0.3, -0.25) is 9.36 Å². The Morgan fingerprint density at radius 1 is 1.14 bits per heavy atom. The molecule has 1 fully saturated rings. The number of ether oxygens (including phenoxy) is 2. The van der Waals surface area contributed by atoms with Gasteiger partial charge in [0.05, 0.1) is 19.0 Å². The van der Waals surface area contributed by atoms with Gasteiger partial charge in [0.2, 0.25) is 0 Å². The van der Waals surface area contributed by atoms with Crippen LogP contribution in [0.4, 0.5) is 5.82 Å². The van der Waals surface area contributed by atoms with E-state index >= 15 is 0 Å². The summed E-state index contributed by atoms with van der Waals surface area (Å²) in [6.07, 6.45) is -3.70. The van der Waals surface area contributed by atoms with Crippen LogP contribution in [0.1, 0.15) is 13.2 Å². The lowest BCUT2D eigenvalue weighted by molar-refractivity contribution is -0.137. The summed E-state index contributed by atoms with van der Waals surface area (Å²) in [5, 5.41) is 26.7. The molecule has 4 atom stereocenters. The van der Waals surface area contributed by atoms with Gasteiger partial charge >= 0.3 is 0 Å². The predicted octanol–water partition coefficient (Wildman–Crippen LogP) is 1.56. The smallest absolute Gasteiger partial charge is 0.252 e. The number of amides is 1. The summed E-state index contributed by atoms with van der Waals surface area (Å²) < 4.78 is 18.7. The third kappa shape index (κ3) is 3.94. The molecule has 5 rings (SSSR count). The number of benzene rings is 1. The van der Waals surface area contributed by atoms with E-state index in [0.717, 1.165) is 5.56 Å². The number of nitrogens with zero attached hydrogens (tertiary/aromatic N) is 4. The standard InChI is InChI=1S/C24H26N6O6/c1-4-26-23(33)19-17(31)18(32)24(36-19)30-11-27-16-21(25-2)28-20(29-22(16)30)15-10-9-14(35-15)12-7-5-6-8-13(12)34-3/h5-11,17-19,24,31-32H,4H2,1-3H3,(H,26,33)(H,25,28,29). The van der Waals surface area contributed by atoms with E-state index in [0.29, 0.717) is 40.8 Å². The average molecular weight is 495 g/mol. The van der Waals surface area contributed by atoms with Crippen LogP contribution < -0.4 is 15.4 Å². The molecule has 1 aliphatic rings. The maximum Gasteiger partial charge on any atom is 0.252 e. The Kier molecular flexibility index (Phi) is 6.31. The molecule has 1 saturated heterocycles. The maximum atomic E-state index is 12.3. The van der Waals surface area contributed by atoms with Crippen molar-refractivity contribution in [3.63, 3.8) is 0 Å². The van der Waals surface area contributed by atoms with Crippen LogP contribution in [0.25, 0.3) is 34.1 Å². The highest BCUT2D eigenvalue weighted by atomic mass is 16.6. The Hall–Kier alpha value is -4.00. The van der Waals surface area contributed by atoms with Crippen LogP contribution in [-0.4, -0.2) is 74.7 Å². The van der Waals surface area contributed by atoms with E-state index in [9.17, 15) is 15.0 Å². The zero-order valence-electron chi connectivity index (χ0n) is 19.9. The van der Waals surface area contributed by atoms with Gasteiger partial charge in [-0.1, -0.05) is 12.1 Å². The zero-order valence-corrected chi connectivity index (χ0v) is 19.9. The lowest BCUT2D eigenvalue weighted by atomic mass is 10.1. The van der Waals surface area contributed by atoms with Crippen molar-refractivity contribution in [3.8, 4) is 28.7 Å². The number of aliphatic hydroxyl groups is 2. The normalized spacial score (nSPS) is 21.6. The fourth-order valence-electron chi connectivity index (χ4n) is 4.22. The van der Waals surface area contributed by atoms with Crippen LogP contribution in [0.3, 0.4) is 0 Å². The minimum Gasteiger partial charge on any atom is -0.496 e. The predicted molar refractivity (Wildman–Crippen MR) is 129 cm³/mol. The minimum atomic E-state index is -1.42. The second-order valence-electron chi connectivity index (χ2n) is 8.16. The molecule has 0 bridgehead atoms. The number of carbonyl (C=O) groups is 1. The summed E-state index contributed by atoms with van der Waals surface area (Å²) in [5.41, 5.74) is 1.52. The summed E-state index contributed by atoms with van der Waals surface area (Å²) in [6.45, 7) is 2.12. The Balaban J connectivity index is 1.54. The number of furan rings is 1. The number of carbonyl (C=O) groups excluding carboxylic acids is 1. The first-order valence-corrected chi connectivity index (χ1v) is 11.4. The molecule has 0 aliphatic carbocycles. The molecule has 0 saturated carbocycles. The quantitative estimate of drug-likeness (QED) is 0.297. The van der Waals surface area contributed by atoms with E-state index in [1.54, 1.807) is 33.2 Å². The summed E-state index contributed by atoms with van der Waals surface area (Å²) >= 11 is 0. The molecule has 1 aromatic carbocycles. The molecular weight excluding hydrogens is 468 g/mol. The van der Waals surface area contributed by atoms with Gasteiger partial charge in [0.25, 0.3) is 5.91 Å². The number of nitrogens with one attached hydrogen (secondary N) is 2. The van der Waals surface area contributed by atoms with E-state index in [4.69, 9.17) is 13.9 Å². The van der Waals surface area contributed by atoms with Gasteiger partial charge in [0, 0.05) is 13.6 Å². The van der Waals surface area contributed by atoms with Crippen molar-refractivity contribution >= 4 is 22.9 Å². The first-order chi connectivity index (χ1) is 17.5. The number of anilines is 1. The van der Waals surface area contributed by atoms with Crippen molar-refractivity contribution in [1.29, 1.82) is 0 Å². The van der Waals surface area contributed by atoms with E-state index in [1.807, 2.05) is 24.3 Å². The molecule has 4 unspecified atom stereocenters. The number of fused-ring (bicyclic) bond motifs is 1. The Labute approximate surface area is 205 Å². The van der Waals surface area contributed by atoms with Crippen molar-refractivity contribution in [1.82, 2.24) is 24.8 Å². The summed E-state index contributed by atoms with van der Waals surface area (Å²) in [6, 6.07) is 11.0. The average Bonchev–Trinajstić information content (AvgIpc) is 3.62. The third-order valence-electron chi connectivity index (χ3n) is 5.98. The van der Waals surface area contributed by atoms with Crippen LogP contribution in [0.15, 0.2) is 47.1 Å². The number of methoxy groups -OCH3 is 1. The number of para-hydroxylation sites is 1. The highest BCUT2D eigenvalue weighted by Crippen LogP contribution is 2.36. The van der Waals surface area contributed by atoms with Crippen molar-refractivity contribution in [2.45, 2.75) is 31.5 Å². The number of imidazole rings is 1. The number of aliphatic hydroxyl groups excluding tert-OH is 2. The molecule has 0 radical (unpaired) electrons. The van der Waals surface area contributed by atoms with Crippen molar-refractivity contribution in [2.75, 3.05) is 26.0 Å². The van der Waals surface area contributed by atoms with Crippen LogP contribution in [0.5, 0.6) is 5.75 Å². The van der Waals surface area contributed by atoms with Crippen LogP contribution in [0, 0.1) is 0 Å². The Morgan fingerprint density at radius 2 is 1.92 bits per heavy atom. The van der Waals surface area contributed by atoms with Crippen molar-refractivity contribution < 1.29 is 28.9 Å². The zero-order chi connectivity index (χ0) is 25.4. The molecule has 0 spiro atoms. The van der Waals surface area contributed by atoms with Gasteiger partial charge in [-0.05, 0) is 31.2 Å². The number of likely N-dealkylation sites (N-methyl/N-ethyl adjacent to an activating group) is 1. The van der Waals surface area contributed by atoms with Crippen LogP contribution in [0.2, 0.25) is 0 Å². The first-order valence-electron chi connectivity index (χ1n) is 11.4. The molecule has 4 heterocycles. The van der Waals surface area contributed by atoms with Gasteiger partial charge in [-0.15, -0.1) is 0 Å². The summed E-state index contributed by atoms with van der Waals surface area (Å²) in [5.74, 6) is 1.82. The van der Waals surface area contributed by atoms with E-state index in [2.05, 4.69) is 25.6 Å². The molecular formula is C24H26N6O6. The topological polar surface area (TPSA) is 157 Å². The van der Waals surface area contributed by atoms with E-state index < -0.39 is 30.4 Å². The van der Waals surface area contributed by atoms with Gasteiger partial charge < -0.3 is 34.7 Å². The number of aromatic nitrogens is 4. The third-order valence-corrected chi connectivity index (χ3v) is 5.98. The number of hydrogen-bond donors (Lipinski definition) is 4. The molecule has 3 aromatic heterocycles. The number of rotatable bonds is 7. The Bertz CT molecular complexity index is 1400. The monoisotopic (exact) mass is 494 g/mol. The van der Waals surface area contributed by atoms with Gasteiger partial charge in [0.1, 0.15) is 23.7 Å². The van der Waals surface area contributed by atoms with Gasteiger partial charge in [-0.25, -0.2) is 15.0 Å². The molecule has 36 heavy (non-hydrogen) atoms. The van der Waals surface area contributed by atoms with Gasteiger partial charge in [0.15, 0.2) is 40.9 Å². The Morgan fingerprint density at radius 3 is 2.67 bits per heavy atom. The van der Waals surface area contributed by atoms with Crippen LogP contribution >= 0.6 is 0 Å². The second-order valence-corrected chi connectivity index (χ2v) is 8.16. The fourth-order valence-corrected chi connectivity index (χ4v) is 4.22. The molecule has 12 heteroatoms. The molecule has 188 valence electrons. The highest BCUT2D eigenvalue weighted by Gasteiger charge is 2.47. The van der Waals surface area contributed by atoms with E-state index in [1.165, 1.54) is 10.9 Å². The number of hydrogen-bond acceptors (Lipinski definition) is 10. The lowest BCUT2D eigenvalue weighted by Gasteiger charge is -2.16. The largest absolute Gasteiger partial charge is 0.496 e. The van der Waals surface area contributed by atoms with Crippen molar-refractivity contribution in [3.05, 3.63) is 42.7 Å². The van der Waals surface area contributed by atoms with Crippen molar-refractivity contribution in [2.24, 2.45) is 0 Å². The lowest BCUT2D eigenvalue weighted by Crippen LogP contribution is -2.42. The molecule has 4 aromatic rings. The summed E-state index contributed by atoms with van der Waals surface area (Å²) in [7, 11) is 3.29. The molecule has 4 N–H and O–H groups in total. The fraction of sp³-hybridized carbons (Fsp3) is 0.333. The maximum absolute atomic E-state index is 12.3. The highest BCUT2D eigenvalue weighted by molar-refractivity contribution is 5.85. The van der Waals surface area contributed by atoms with E-state index in [-0.39, 0.29) is 5.82 Å². The van der Waals surface area contributed by atoms with Gasteiger partial charge in [-0.2, -0.15) is 0 Å². The molecule has 1 aliphatic heterocycles. The van der Waals surface area contributed by atoms with Crippen LogP contribution in [-0.2, 0) is 9.53 Å². The minimum absolute atomic E-state index is 0.267. The molecule has 1 amide bonds.